The highest BCUT2D eigenvalue weighted by molar-refractivity contribution is 6.30. The van der Waals surface area contributed by atoms with Gasteiger partial charge in [-0.2, -0.15) is 10.1 Å². The number of halogens is 1. The molecule has 1 fully saturated rings. The molecule has 0 radical (unpaired) electrons. The molecule has 1 amide bonds. The molecule has 1 aliphatic rings. The molecular formula is C26H26ClN5O2. The number of carbonyl (C=O) groups is 1. The van der Waals surface area contributed by atoms with Crippen LogP contribution < -0.4 is 5.32 Å². The minimum atomic E-state index is -0.351. The Balaban J connectivity index is 1.40. The second kappa shape index (κ2) is 9.43. The molecule has 2 aromatic carbocycles. The van der Waals surface area contributed by atoms with Gasteiger partial charge in [-0.25, -0.2) is 4.68 Å². The van der Waals surface area contributed by atoms with Crippen LogP contribution in [0.25, 0.3) is 16.9 Å². The van der Waals surface area contributed by atoms with Gasteiger partial charge >= 0.3 is 0 Å². The Morgan fingerprint density at radius 2 is 1.88 bits per heavy atom. The Morgan fingerprint density at radius 3 is 2.56 bits per heavy atom. The van der Waals surface area contributed by atoms with Crippen LogP contribution in [-0.2, 0) is 11.2 Å². The lowest BCUT2D eigenvalue weighted by atomic mass is 10.0. The molecule has 1 saturated carbocycles. The Hall–Kier alpha value is -3.45. The van der Waals surface area contributed by atoms with Crippen molar-refractivity contribution in [1.82, 2.24) is 25.2 Å². The maximum atomic E-state index is 13.2. The lowest BCUT2D eigenvalue weighted by molar-refractivity contribution is -0.121. The van der Waals surface area contributed by atoms with Crippen LogP contribution in [-0.4, -0.2) is 25.8 Å². The van der Waals surface area contributed by atoms with Crippen molar-refractivity contribution in [2.45, 2.75) is 45.1 Å². The van der Waals surface area contributed by atoms with E-state index < -0.39 is 0 Å². The lowest BCUT2D eigenvalue weighted by Crippen LogP contribution is -2.33. The molecule has 34 heavy (non-hydrogen) atoms. The minimum absolute atomic E-state index is 0.0965. The molecule has 174 valence electrons. The topological polar surface area (TPSA) is 85.8 Å². The Kier molecular flexibility index (Phi) is 6.20. The smallest absolute Gasteiger partial charge is 0.249 e. The second-order valence-electron chi connectivity index (χ2n) is 9.02. The molecular weight excluding hydrogens is 450 g/mol. The number of carbonyl (C=O) groups excluding carboxylic acids is 1. The van der Waals surface area contributed by atoms with E-state index in [0.717, 1.165) is 41.2 Å². The van der Waals surface area contributed by atoms with Crippen LogP contribution in [0.15, 0.2) is 65.3 Å². The Bertz CT molecular complexity index is 1280. The molecule has 1 N–H and O–H groups in total. The van der Waals surface area contributed by atoms with Crippen LogP contribution in [0.4, 0.5) is 0 Å². The Labute approximate surface area is 203 Å². The summed E-state index contributed by atoms with van der Waals surface area (Å²) in [6.45, 7) is 4.05. The predicted octanol–water partition coefficient (Wildman–Crippen LogP) is 5.51. The van der Waals surface area contributed by atoms with Crippen LogP contribution in [0.3, 0.4) is 0 Å². The van der Waals surface area contributed by atoms with Gasteiger partial charge in [-0.3, -0.25) is 4.79 Å². The predicted molar refractivity (Wildman–Crippen MR) is 130 cm³/mol. The summed E-state index contributed by atoms with van der Waals surface area (Å²) in [6, 6.07) is 16.9. The molecule has 0 bridgehead atoms. The fourth-order valence-corrected chi connectivity index (χ4v) is 4.02. The highest BCUT2D eigenvalue weighted by atomic mass is 35.5. The number of rotatable bonds is 8. The number of aromatic nitrogens is 4. The van der Waals surface area contributed by atoms with Crippen LogP contribution in [0.2, 0.25) is 5.02 Å². The van der Waals surface area contributed by atoms with Gasteiger partial charge in [0.1, 0.15) is 6.04 Å². The number of para-hydroxylation sites is 1. The summed E-state index contributed by atoms with van der Waals surface area (Å²) >= 11 is 6.08. The first kappa shape index (κ1) is 22.3. The van der Waals surface area contributed by atoms with E-state index in [1.165, 1.54) is 0 Å². The van der Waals surface area contributed by atoms with Gasteiger partial charge in [-0.15, -0.1) is 0 Å². The summed E-state index contributed by atoms with van der Waals surface area (Å²) in [6.07, 6.45) is 4.26. The van der Waals surface area contributed by atoms with Crippen molar-refractivity contribution < 1.29 is 9.32 Å². The zero-order valence-electron chi connectivity index (χ0n) is 19.1. The van der Waals surface area contributed by atoms with E-state index in [-0.39, 0.29) is 24.3 Å². The average Bonchev–Trinajstić information content (AvgIpc) is 3.42. The number of nitrogens with one attached hydrogen (secondary N) is 1. The third-order valence-corrected chi connectivity index (χ3v) is 6.18. The third-order valence-electron chi connectivity index (χ3n) is 5.93. The van der Waals surface area contributed by atoms with Gasteiger partial charge in [0.15, 0.2) is 5.82 Å². The fraction of sp³-hybridized carbons (Fsp3) is 0.308. The normalized spacial score (nSPS) is 14.4. The SMILES string of the molecule is CC(C)C(NC(=O)Cc1cn(-c2ccccc2)nc1-c1ccc(Cl)cc1)c1nc(C2CC2)no1. The zero-order chi connectivity index (χ0) is 23.7. The quantitative estimate of drug-likeness (QED) is 0.363. The molecule has 0 spiro atoms. The lowest BCUT2D eigenvalue weighted by Gasteiger charge is -2.18. The van der Waals surface area contributed by atoms with Crippen molar-refractivity contribution in [3.8, 4) is 16.9 Å². The van der Waals surface area contributed by atoms with Crippen molar-refractivity contribution in [2.24, 2.45) is 5.92 Å². The molecule has 8 heteroatoms. The highest BCUT2D eigenvalue weighted by Gasteiger charge is 2.31. The first-order valence-electron chi connectivity index (χ1n) is 11.5. The summed E-state index contributed by atoms with van der Waals surface area (Å²) < 4.78 is 7.30. The first-order chi connectivity index (χ1) is 16.5. The molecule has 2 aromatic heterocycles. The molecule has 0 saturated heterocycles. The summed E-state index contributed by atoms with van der Waals surface area (Å²) in [5, 5.41) is 12.6. The van der Waals surface area contributed by atoms with Gasteiger partial charge in [-0.05, 0) is 43.0 Å². The standard InChI is InChI=1S/C26H26ClN5O2/c1-16(2)23(26-29-25(31-34-26)18-8-9-18)28-22(33)14-19-15-32(21-6-4-3-5-7-21)30-24(19)17-10-12-20(27)13-11-17/h3-7,10-13,15-16,18,23H,8-9,14H2,1-2H3,(H,28,33). The van der Waals surface area contributed by atoms with Crippen molar-refractivity contribution in [3.05, 3.63) is 83.1 Å². The minimum Gasteiger partial charge on any atom is -0.344 e. The monoisotopic (exact) mass is 475 g/mol. The first-order valence-corrected chi connectivity index (χ1v) is 11.9. The largest absolute Gasteiger partial charge is 0.344 e. The maximum Gasteiger partial charge on any atom is 0.249 e. The van der Waals surface area contributed by atoms with E-state index in [9.17, 15) is 4.79 Å². The van der Waals surface area contributed by atoms with E-state index in [1.54, 1.807) is 4.68 Å². The number of hydrogen-bond donors (Lipinski definition) is 1. The van der Waals surface area contributed by atoms with Crippen LogP contribution in [0.1, 0.15) is 55.9 Å². The molecule has 4 aromatic rings. The van der Waals surface area contributed by atoms with Gasteiger partial charge in [-0.1, -0.05) is 60.9 Å². The van der Waals surface area contributed by atoms with Crippen LogP contribution in [0.5, 0.6) is 0 Å². The summed E-state index contributed by atoms with van der Waals surface area (Å²) in [7, 11) is 0. The maximum absolute atomic E-state index is 13.2. The van der Waals surface area contributed by atoms with E-state index in [0.29, 0.717) is 16.8 Å². The van der Waals surface area contributed by atoms with Crippen molar-refractivity contribution >= 4 is 17.5 Å². The second-order valence-corrected chi connectivity index (χ2v) is 9.46. The van der Waals surface area contributed by atoms with E-state index in [2.05, 4.69) is 15.5 Å². The van der Waals surface area contributed by atoms with Gasteiger partial charge in [0.2, 0.25) is 11.8 Å². The number of amides is 1. The summed E-state index contributed by atoms with van der Waals surface area (Å²) in [4.78, 5) is 17.7. The summed E-state index contributed by atoms with van der Waals surface area (Å²) in [5.41, 5.74) is 3.37. The van der Waals surface area contributed by atoms with Crippen molar-refractivity contribution in [2.75, 3.05) is 0 Å². The average molecular weight is 476 g/mol. The number of hydrogen-bond acceptors (Lipinski definition) is 5. The fourth-order valence-electron chi connectivity index (χ4n) is 3.89. The van der Waals surface area contributed by atoms with E-state index in [4.69, 9.17) is 21.2 Å². The van der Waals surface area contributed by atoms with Crippen molar-refractivity contribution in [3.63, 3.8) is 0 Å². The van der Waals surface area contributed by atoms with Gasteiger partial charge in [0.05, 0.1) is 17.8 Å². The van der Waals surface area contributed by atoms with Crippen molar-refractivity contribution in [1.29, 1.82) is 0 Å². The van der Waals surface area contributed by atoms with Gasteiger partial charge < -0.3 is 9.84 Å². The van der Waals surface area contributed by atoms with Crippen LogP contribution in [0, 0.1) is 5.92 Å². The number of benzene rings is 2. The third kappa shape index (κ3) is 4.89. The van der Waals surface area contributed by atoms with E-state index in [1.807, 2.05) is 74.6 Å². The Morgan fingerprint density at radius 1 is 1.15 bits per heavy atom. The van der Waals surface area contributed by atoms with Gasteiger partial charge in [0.25, 0.3) is 0 Å². The molecule has 1 unspecified atom stereocenters. The number of nitrogens with zero attached hydrogens (tertiary/aromatic N) is 4. The molecule has 7 nitrogen and oxygen atoms in total. The van der Waals surface area contributed by atoms with Gasteiger partial charge in [0, 0.05) is 28.3 Å². The highest BCUT2D eigenvalue weighted by Crippen LogP contribution is 2.38. The van der Waals surface area contributed by atoms with E-state index >= 15 is 0 Å². The molecule has 2 heterocycles. The molecule has 5 rings (SSSR count). The zero-order valence-corrected chi connectivity index (χ0v) is 19.9. The molecule has 1 aliphatic carbocycles. The molecule has 1 atom stereocenters. The summed E-state index contributed by atoms with van der Waals surface area (Å²) in [5.74, 6) is 1.56. The molecule has 0 aliphatic heterocycles. The van der Waals surface area contributed by atoms with Crippen LogP contribution >= 0.6 is 11.6 Å².